The Kier molecular flexibility index (Phi) is 8.57. The summed E-state index contributed by atoms with van der Waals surface area (Å²) in [7, 11) is 3.06. The molecule has 0 atom stereocenters. The molecule has 0 fully saturated rings. The number of nitrogens with zero attached hydrogens (tertiary/aromatic N) is 1. The number of anilines is 1. The van der Waals surface area contributed by atoms with Crippen molar-refractivity contribution in [2.24, 2.45) is 0 Å². The zero-order valence-electron chi connectivity index (χ0n) is 18.6. The van der Waals surface area contributed by atoms with Gasteiger partial charge in [-0.25, -0.2) is 0 Å². The number of hydrogen-bond acceptors (Lipinski definition) is 6. The molecule has 0 saturated heterocycles. The van der Waals surface area contributed by atoms with Crippen LogP contribution in [0.3, 0.4) is 0 Å². The summed E-state index contributed by atoms with van der Waals surface area (Å²) in [6, 6.07) is 15.6. The molecule has 0 aliphatic heterocycles. The Labute approximate surface area is 201 Å². The van der Waals surface area contributed by atoms with Crippen LogP contribution in [-0.2, 0) is 11.3 Å². The van der Waals surface area contributed by atoms with Crippen LogP contribution in [0.15, 0.2) is 54.6 Å². The molecule has 0 aliphatic carbocycles. The molecule has 3 aromatic rings. The molecule has 0 radical (unpaired) electrons. The minimum atomic E-state index is -0.325. The van der Waals surface area contributed by atoms with Crippen LogP contribution in [0.25, 0.3) is 0 Å². The van der Waals surface area contributed by atoms with Gasteiger partial charge in [-0.1, -0.05) is 11.6 Å². The minimum Gasteiger partial charge on any atom is -0.497 e. The lowest BCUT2D eigenvalue weighted by molar-refractivity contribution is -0.118. The van der Waals surface area contributed by atoms with Crippen molar-refractivity contribution in [1.82, 2.24) is 4.90 Å². The minimum absolute atomic E-state index is 0.135. The predicted octanol–water partition coefficient (Wildman–Crippen LogP) is 5.10. The van der Waals surface area contributed by atoms with Crippen molar-refractivity contribution in [3.05, 3.63) is 69.4 Å². The molecule has 3 rings (SSSR count). The summed E-state index contributed by atoms with van der Waals surface area (Å²) in [6.07, 6.45) is 0. The highest BCUT2D eigenvalue weighted by atomic mass is 35.5. The Morgan fingerprint density at radius 1 is 1.00 bits per heavy atom. The third kappa shape index (κ3) is 6.63. The number of thiophene rings is 1. The van der Waals surface area contributed by atoms with Crippen molar-refractivity contribution in [1.29, 1.82) is 0 Å². The van der Waals surface area contributed by atoms with Crippen LogP contribution >= 0.6 is 22.9 Å². The van der Waals surface area contributed by atoms with Crippen LogP contribution in [0.5, 0.6) is 17.2 Å². The van der Waals surface area contributed by atoms with Gasteiger partial charge in [0.15, 0.2) is 18.1 Å². The summed E-state index contributed by atoms with van der Waals surface area (Å²) in [4.78, 5) is 28.0. The smallest absolute Gasteiger partial charge is 0.262 e. The lowest BCUT2D eigenvalue weighted by Gasteiger charge is -2.21. The highest BCUT2D eigenvalue weighted by Gasteiger charge is 2.18. The Bertz CT molecular complexity index is 1100. The second kappa shape index (κ2) is 11.6. The molecule has 1 N–H and O–H groups in total. The largest absolute Gasteiger partial charge is 0.497 e. The maximum Gasteiger partial charge on any atom is 0.262 e. The number of methoxy groups -OCH3 is 2. The fraction of sp³-hybridized carbons (Fsp3) is 0.250. The normalized spacial score (nSPS) is 10.4. The van der Waals surface area contributed by atoms with Gasteiger partial charge in [0.05, 0.1) is 25.1 Å². The molecular weight excluding hydrogens is 464 g/mol. The summed E-state index contributed by atoms with van der Waals surface area (Å²) >= 11 is 7.45. The van der Waals surface area contributed by atoms with Crippen molar-refractivity contribution < 1.29 is 23.8 Å². The van der Waals surface area contributed by atoms with Crippen molar-refractivity contribution in [2.75, 3.05) is 32.7 Å². The number of hydrogen-bond donors (Lipinski definition) is 1. The number of halogens is 1. The standard InChI is InChI=1S/C24H25ClN2O5S/c1-4-27(14-19-10-12-22(25)33-19)24(29)16-5-11-20(21(13-16)31-3)32-15-23(28)26-17-6-8-18(30-2)9-7-17/h5-13H,4,14-15H2,1-3H3,(H,26,28). The number of carbonyl (C=O) groups excluding carboxylic acids is 2. The number of amides is 2. The molecule has 1 heterocycles. The lowest BCUT2D eigenvalue weighted by atomic mass is 10.1. The van der Waals surface area contributed by atoms with E-state index in [-0.39, 0.29) is 18.4 Å². The zero-order valence-corrected chi connectivity index (χ0v) is 20.2. The van der Waals surface area contributed by atoms with Crippen molar-refractivity contribution in [3.8, 4) is 17.2 Å². The van der Waals surface area contributed by atoms with Crippen LogP contribution < -0.4 is 19.5 Å². The molecule has 1 aromatic heterocycles. The van der Waals surface area contributed by atoms with Gasteiger partial charge in [-0.3, -0.25) is 9.59 Å². The first-order chi connectivity index (χ1) is 15.9. The van der Waals surface area contributed by atoms with E-state index in [2.05, 4.69) is 5.32 Å². The van der Waals surface area contributed by atoms with E-state index in [0.29, 0.717) is 45.9 Å². The number of carbonyl (C=O) groups is 2. The Morgan fingerprint density at radius 2 is 1.76 bits per heavy atom. The maximum atomic E-state index is 13.0. The van der Waals surface area contributed by atoms with Crippen molar-refractivity contribution >= 4 is 40.4 Å². The summed E-state index contributed by atoms with van der Waals surface area (Å²) in [5, 5.41) is 2.75. The summed E-state index contributed by atoms with van der Waals surface area (Å²) < 4.78 is 16.8. The van der Waals surface area contributed by atoms with Gasteiger partial charge >= 0.3 is 0 Å². The average molecular weight is 489 g/mol. The number of ether oxygens (including phenoxy) is 3. The molecule has 0 aliphatic rings. The maximum absolute atomic E-state index is 13.0. The van der Waals surface area contributed by atoms with Crippen LogP contribution in [0.2, 0.25) is 4.34 Å². The fourth-order valence-electron chi connectivity index (χ4n) is 3.07. The molecule has 9 heteroatoms. The molecule has 0 saturated carbocycles. The number of rotatable bonds is 10. The second-order valence-corrected chi connectivity index (χ2v) is 8.76. The van der Waals surface area contributed by atoms with Crippen LogP contribution in [0.1, 0.15) is 22.2 Å². The molecule has 0 spiro atoms. The van der Waals surface area contributed by atoms with Gasteiger partial charge in [0.2, 0.25) is 0 Å². The zero-order chi connectivity index (χ0) is 23.8. The fourth-order valence-corrected chi connectivity index (χ4v) is 4.17. The molecule has 174 valence electrons. The average Bonchev–Trinajstić information content (AvgIpc) is 3.25. The van der Waals surface area contributed by atoms with Gasteiger partial charge in [0.25, 0.3) is 11.8 Å². The first kappa shape index (κ1) is 24.4. The number of nitrogens with one attached hydrogen (secondary N) is 1. The molecular formula is C24H25ClN2O5S. The van der Waals surface area contributed by atoms with E-state index in [9.17, 15) is 9.59 Å². The topological polar surface area (TPSA) is 77.1 Å². The lowest BCUT2D eigenvalue weighted by Crippen LogP contribution is -2.30. The Hall–Kier alpha value is -3.23. The predicted molar refractivity (Wildman–Crippen MR) is 130 cm³/mol. The van der Waals surface area contributed by atoms with Gasteiger partial charge in [-0.2, -0.15) is 0 Å². The molecule has 33 heavy (non-hydrogen) atoms. The van der Waals surface area contributed by atoms with E-state index < -0.39 is 0 Å². The van der Waals surface area contributed by atoms with Crippen molar-refractivity contribution in [2.45, 2.75) is 13.5 Å². The van der Waals surface area contributed by atoms with Gasteiger partial charge in [0, 0.05) is 22.7 Å². The quantitative estimate of drug-likeness (QED) is 0.429. The molecule has 0 unspecified atom stereocenters. The monoisotopic (exact) mass is 488 g/mol. The van der Waals surface area contributed by atoms with Gasteiger partial charge in [-0.05, 0) is 61.5 Å². The van der Waals surface area contributed by atoms with E-state index in [1.807, 2.05) is 19.1 Å². The summed E-state index contributed by atoms with van der Waals surface area (Å²) in [5.74, 6) is 0.975. The second-order valence-electron chi connectivity index (χ2n) is 6.96. The molecule has 2 amide bonds. The Morgan fingerprint density at radius 3 is 2.36 bits per heavy atom. The van der Waals surface area contributed by atoms with Crippen molar-refractivity contribution in [3.63, 3.8) is 0 Å². The van der Waals surface area contributed by atoms with Gasteiger partial charge in [-0.15, -0.1) is 11.3 Å². The van der Waals surface area contributed by atoms with Crippen LogP contribution in [0, 0.1) is 0 Å². The third-order valence-electron chi connectivity index (χ3n) is 4.79. The highest BCUT2D eigenvalue weighted by Crippen LogP contribution is 2.29. The van der Waals surface area contributed by atoms with E-state index in [4.69, 9.17) is 25.8 Å². The van der Waals surface area contributed by atoms with Gasteiger partial charge in [0.1, 0.15) is 5.75 Å². The van der Waals surface area contributed by atoms with E-state index >= 15 is 0 Å². The molecule has 7 nitrogen and oxygen atoms in total. The highest BCUT2D eigenvalue weighted by molar-refractivity contribution is 7.16. The van der Waals surface area contributed by atoms with Gasteiger partial charge < -0.3 is 24.4 Å². The van der Waals surface area contributed by atoms with Crippen LogP contribution in [-0.4, -0.2) is 44.1 Å². The first-order valence-electron chi connectivity index (χ1n) is 10.2. The first-order valence-corrected chi connectivity index (χ1v) is 11.4. The SMILES string of the molecule is CCN(Cc1ccc(Cl)s1)C(=O)c1ccc(OCC(=O)Nc2ccc(OC)cc2)c(OC)c1. The summed E-state index contributed by atoms with van der Waals surface area (Å²) in [5.41, 5.74) is 1.09. The molecule has 2 aromatic carbocycles. The summed E-state index contributed by atoms with van der Waals surface area (Å²) in [6.45, 7) is 2.72. The Balaban J connectivity index is 1.63. The molecule has 0 bridgehead atoms. The van der Waals surface area contributed by atoms with E-state index in [1.165, 1.54) is 18.4 Å². The third-order valence-corrected chi connectivity index (χ3v) is 6.00. The van der Waals surface area contributed by atoms with E-state index in [0.717, 1.165) is 4.88 Å². The number of benzene rings is 2. The van der Waals surface area contributed by atoms with E-state index in [1.54, 1.807) is 54.5 Å². The van der Waals surface area contributed by atoms with Crippen LogP contribution in [0.4, 0.5) is 5.69 Å².